The number of aromatic amines is 1. The molecule has 4 nitrogen and oxygen atoms in total. The molecule has 0 radical (unpaired) electrons. The van der Waals surface area contributed by atoms with Crippen molar-refractivity contribution in [3.05, 3.63) is 53.9 Å². The lowest BCUT2D eigenvalue weighted by Gasteiger charge is -2.23. The summed E-state index contributed by atoms with van der Waals surface area (Å²) in [4.78, 5) is 6.60. The minimum atomic E-state index is -4.46. The Hall–Kier alpha value is -2.09. The first-order valence-corrected chi connectivity index (χ1v) is 7.99. The Bertz CT molecular complexity index is 904. The predicted molar refractivity (Wildman–Crippen MR) is 95.3 cm³/mol. The summed E-state index contributed by atoms with van der Waals surface area (Å²) in [5.41, 5.74) is 2.09. The molecule has 1 atom stereocenters. The van der Waals surface area contributed by atoms with Gasteiger partial charge in [-0.1, -0.05) is 12.1 Å². The first kappa shape index (κ1) is 18.7. The topological polar surface area (TPSA) is 49.9 Å². The number of nitrogens with one attached hydrogen (secondary N) is 2. The quantitative estimate of drug-likeness (QED) is 0.692. The molecule has 1 saturated heterocycles. The Morgan fingerprint density at radius 3 is 2.69 bits per heavy atom. The average Bonchev–Trinajstić information content (AvgIpc) is 3.05. The molecule has 3 heterocycles. The predicted octanol–water partition coefficient (Wildman–Crippen LogP) is 4.33. The molecule has 1 aliphatic rings. The van der Waals surface area contributed by atoms with Gasteiger partial charge in [-0.25, -0.2) is 0 Å². The van der Waals surface area contributed by atoms with E-state index in [0.29, 0.717) is 17.9 Å². The smallest absolute Gasteiger partial charge is 0.371 e. The van der Waals surface area contributed by atoms with Crippen molar-refractivity contribution in [3.8, 4) is 11.3 Å². The number of pyridine rings is 1. The molecule has 138 valence electrons. The standard InChI is InChI=1S/C18H16F3N3O.ClH/c19-18(20,21)17-9-12(3-4-23-17)14-7-11-1-2-13(8-15(11)24-14)16-10-22-5-6-25-16;/h1-4,7-9,16,22,24H,5-6,10H2;1H/t16-;/m1./s1. The van der Waals surface area contributed by atoms with E-state index in [-0.39, 0.29) is 18.5 Å². The van der Waals surface area contributed by atoms with Gasteiger partial charge in [-0.15, -0.1) is 12.4 Å². The van der Waals surface area contributed by atoms with Gasteiger partial charge in [-0.3, -0.25) is 4.98 Å². The third-order valence-electron chi connectivity index (χ3n) is 4.31. The van der Waals surface area contributed by atoms with Gasteiger partial charge in [0.2, 0.25) is 0 Å². The highest BCUT2D eigenvalue weighted by Crippen LogP contribution is 2.32. The second kappa shape index (κ2) is 7.26. The van der Waals surface area contributed by atoms with E-state index in [2.05, 4.69) is 15.3 Å². The Kier molecular flexibility index (Phi) is 5.22. The molecule has 0 unspecified atom stereocenters. The highest BCUT2D eigenvalue weighted by molar-refractivity contribution is 5.86. The van der Waals surface area contributed by atoms with Gasteiger partial charge < -0.3 is 15.0 Å². The van der Waals surface area contributed by atoms with E-state index in [9.17, 15) is 13.2 Å². The summed E-state index contributed by atoms with van der Waals surface area (Å²) < 4.78 is 44.3. The van der Waals surface area contributed by atoms with E-state index in [4.69, 9.17) is 4.74 Å². The summed E-state index contributed by atoms with van der Waals surface area (Å²) in [7, 11) is 0. The molecule has 1 aliphatic heterocycles. The van der Waals surface area contributed by atoms with E-state index in [1.807, 2.05) is 24.3 Å². The molecule has 2 aromatic heterocycles. The summed E-state index contributed by atoms with van der Waals surface area (Å²) >= 11 is 0. The van der Waals surface area contributed by atoms with Crippen LogP contribution in [-0.4, -0.2) is 29.7 Å². The number of ether oxygens (including phenoxy) is 1. The zero-order valence-electron chi connectivity index (χ0n) is 13.6. The fourth-order valence-electron chi connectivity index (χ4n) is 3.03. The number of halogens is 4. The maximum atomic E-state index is 12.9. The van der Waals surface area contributed by atoms with E-state index >= 15 is 0 Å². The highest BCUT2D eigenvalue weighted by atomic mass is 35.5. The number of morpholine rings is 1. The van der Waals surface area contributed by atoms with Crippen LogP contribution in [0.3, 0.4) is 0 Å². The van der Waals surface area contributed by atoms with E-state index in [0.717, 1.165) is 35.6 Å². The Morgan fingerprint density at radius 2 is 1.96 bits per heavy atom. The lowest BCUT2D eigenvalue weighted by Crippen LogP contribution is -2.33. The van der Waals surface area contributed by atoms with Crippen LogP contribution >= 0.6 is 12.4 Å². The van der Waals surface area contributed by atoms with Crippen molar-refractivity contribution in [2.75, 3.05) is 19.7 Å². The lowest BCUT2D eigenvalue weighted by molar-refractivity contribution is -0.141. The van der Waals surface area contributed by atoms with Crippen LogP contribution in [0.5, 0.6) is 0 Å². The molecule has 1 fully saturated rings. The van der Waals surface area contributed by atoms with Crippen LogP contribution in [-0.2, 0) is 10.9 Å². The molecule has 0 saturated carbocycles. The number of hydrogen-bond acceptors (Lipinski definition) is 3. The molecule has 3 aromatic rings. The molecule has 1 aromatic carbocycles. The second-order valence-electron chi connectivity index (χ2n) is 6.02. The van der Waals surface area contributed by atoms with Crippen LogP contribution in [0.2, 0.25) is 0 Å². The molecule has 0 aliphatic carbocycles. The number of H-pyrrole nitrogens is 1. The van der Waals surface area contributed by atoms with Gasteiger partial charge in [0.25, 0.3) is 0 Å². The monoisotopic (exact) mass is 383 g/mol. The van der Waals surface area contributed by atoms with Crippen LogP contribution in [0.1, 0.15) is 17.4 Å². The zero-order chi connectivity index (χ0) is 17.4. The van der Waals surface area contributed by atoms with Crippen LogP contribution in [0.15, 0.2) is 42.6 Å². The SMILES string of the molecule is Cl.FC(F)(F)c1cc(-c2cc3ccc([C@H]4CNCCO4)cc3[nH]2)ccn1. The Labute approximate surface area is 154 Å². The molecule has 2 N–H and O–H groups in total. The Morgan fingerprint density at radius 1 is 1.12 bits per heavy atom. The maximum absolute atomic E-state index is 12.9. The zero-order valence-corrected chi connectivity index (χ0v) is 14.5. The van der Waals surface area contributed by atoms with Gasteiger partial charge in [0.1, 0.15) is 5.69 Å². The maximum Gasteiger partial charge on any atom is 0.433 e. The summed E-state index contributed by atoms with van der Waals surface area (Å²) in [6.45, 7) is 2.25. The number of fused-ring (bicyclic) bond motifs is 1. The lowest BCUT2D eigenvalue weighted by atomic mass is 10.1. The third-order valence-corrected chi connectivity index (χ3v) is 4.31. The van der Waals surface area contributed by atoms with Gasteiger partial charge in [0.15, 0.2) is 0 Å². The third kappa shape index (κ3) is 3.70. The second-order valence-corrected chi connectivity index (χ2v) is 6.02. The summed E-state index contributed by atoms with van der Waals surface area (Å²) in [6, 6.07) is 10.4. The number of benzene rings is 1. The van der Waals surface area contributed by atoms with Crippen molar-refractivity contribution >= 4 is 23.3 Å². The molecule has 0 bridgehead atoms. The first-order valence-electron chi connectivity index (χ1n) is 7.99. The van der Waals surface area contributed by atoms with Gasteiger partial charge in [-0.05, 0) is 29.8 Å². The van der Waals surface area contributed by atoms with Crippen molar-refractivity contribution in [1.29, 1.82) is 0 Å². The van der Waals surface area contributed by atoms with Crippen molar-refractivity contribution in [1.82, 2.24) is 15.3 Å². The molecule has 26 heavy (non-hydrogen) atoms. The number of rotatable bonds is 2. The van der Waals surface area contributed by atoms with Gasteiger partial charge in [0, 0.05) is 41.4 Å². The molecule has 8 heteroatoms. The average molecular weight is 384 g/mol. The number of hydrogen-bond donors (Lipinski definition) is 2. The molecule has 0 amide bonds. The number of alkyl halides is 3. The highest BCUT2D eigenvalue weighted by Gasteiger charge is 2.32. The van der Waals surface area contributed by atoms with Crippen molar-refractivity contribution in [3.63, 3.8) is 0 Å². The van der Waals surface area contributed by atoms with Crippen molar-refractivity contribution < 1.29 is 17.9 Å². The molecular weight excluding hydrogens is 367 g/mol. The van der Waals surface area contributed by atoms with E-state index in [1.165, 1.54) is 6.20 Å². The van der Waals surface area contributed by atoms with Crippen molar-refractivity contribution in [2.45, 2.75) is 12.3 Å². The fourth-order valence-corrected chi connectivity index (χ4v) is 3.03. The number of nitrogens with zero attached hydrogens (tertiary/aromatic N) is 1. The van der Waals surface area contributed by atoms with Gasteiger partial charge in [0.05, 0.1) is 12.7 Å². The van der Waals surface area contributed by atoms with Crippen molar-refractivity contribution in [2.24, 2.45) is 0 Å². The molecular formula is C18H17ClF3N3O. The molecule has 0 spiro atoms. The van der Waals surface area contributed by atoms with Crippen LogP contribution in [0.25, 0.3) is 22.2 Å². The normalized spacial score (nSPS) is 17.9. The van der Waals surface area contributed by atoms with E-state index in [1.54, 1.807) is 6.07 Å². The van der Waals surface area contributed by atoms with Gasteiger partial charge >= 0.3 is 6.18 Å². The summed E-state index contributed by atoms with van der Waals surface area (Å²) in [5, 5.41) is 4.22. The minimum Gasteiger partial charge on any atom is -0.371 e. The van der Waals surface area contributed by atoms with Gasteiger partial charge in [-0.2, -0.15) is 13.2 Å². The first-order chi connectivity index (χ1) is 12.0. The van der Waals surface area contributed by atoms with E-state index < -0.39 is 11.9 Å². The van der Waals surface area contributed by atoms with Crippen LogP contribution in [0, 0.1) is 0 Å². The minimum absolute atomic E-state index is 0. The largest absolute Gasteiger partial charge is 0.433 e. The number of aromatic nitrogens is 2. The molecule has 4 rings (SSSR count). The van der Waals surface area contributed by atoms with Crippen LogP contribution in [0.4, 0.5) is 13.2 Å². The fraction of sp³-hybridized carbons (Fsp3) is 0.278. The Balaban J connectivity index is 0.00000196. The summed E-state index contributed by atoms with van der Waals surface area (Å²) in [6.07, 6.45) is -3.29. The van der Waals surface area contributed by atoms with Crippen LogP contribution < -0.4 is 5.32 Å². The summed E-state index contributed by atoms with van der Waals surface area (Å²) in [5.74, 6) is 0.